The third-order valence-electron chi connectivity index (χ3n) is 20.5. The van der Waals surface area contributed by atoms with E-state index >= 15 is 0 Å². The van der Waals surface area contributed by atoms with Crippen molar-refractivity contribution in [3.05, 3.63) is 364 Å². The van der Waals surface area contributed by atoms with Crippen LogP contribution < -0.4 is 62.2 Å². The lowest BCUT2D eigenvalue weighted by Gasteiger charge is -2.48. The first-order valence-electron chi connectivity index (χ1n) is 34.1. The van der Waals surface area contributed by atoms with E-state index in [1.165, 1.54) is 32.8 Å². The molecule has 0 amide bonds. The van der Waals surface area contributed by atoms with Gasteiger partial charge >= 0.3 is 0 Å². The first kappa shape index (κ1) is 56.4. The molecule has 4 aliphatic heterocycles. The number of nitrogens with zero attached hydrogens (tertiary/aromatic N) is 6. The third kappa shape index (κ3) is 8.87. The molecule has 0 bridgehead atoms. The van der Waals surface area contributed by atoms with Crippen molar-refractivity contribution in [2.24, 2.45) is 0 Å². The van der Waals surface area contributed by atoms with Crippen LogP contribution in [-0.2, 0) is 0 Å². The minimum absolute atomic E-state index is 0.206. The predicted octanol–water partition coefficient (Wildman–Crippen LogP) is 20.4. The molecule has 4 aliphatic rings. The van der Waals surface area contributed by atoms with Crippen LogP contribution in [0.1, 0.15) is 0 Å². The van der Waals surface area contributed by atoms with Gasteiger partial charge < -0.3 is 33.8 Å². The molecular formula is C90H60B2N6O. The Morgan fingerprint density at radius 2 is 0.566 bits per heavy atom. The largest absolute Gasteiger partial charge is 0.455 e. The van der Waals surface area contributed by atoms with Crippen LogP contribution in [0.3, 0.4) is 0 Å². The fourth-order valence-corrected chi connectivity index (χ4v) is 16.5. The SMILES string of the molecule is c1ccc(N(c2ccccc2)c2cc3c4c(c2)N(c2ccccc2)c2cc5c(cc2B4c2ccccc2N3c2ccccc2)B2c3ccccc3N(c3ccccc3)c3cc(N(c4ccccc4)c4ccccc4)cc(c32)N5c2ccccc2-c2cccc3c2oc2ccccc23)cc1. The molecule has 0 spiro atoms. The van der Waals surface area contributed by atoms with E-state index in [0.717, 1.165) is 135 Å². The summed E-state index contributed by atoms with van der Waals surface area (Å²) in [6.07, 6.45) is 0. The highest BCUT2D eigenvalue weighted by Gasteiger charge is 2.49. The van der Waals surface area contributed by atoms with Crippen LogP contribution in [0.15, 0.2) is 368 Å². The quantitative estimate of drug-likeness (QED) is 0.119. The Labute approximate surface area is 576 Å². The molecule has 0 atom stereocenters. The average Bonchev–Trinajstić information content (AvgIpc) is 1.01. The van der Waals surface area contributed by atoms with Crippen molar-refractivity contribution in [3.63, 3.8) is 0 Å². The maximum atomic E-state index is 7.04. The molecule has 0 radical (unpaired) electrons. The van der Waals surface area contributed by atoms with Crippen molar-refractivity contribution in [2.75, 3.05) is 29.4 Å². The average molecular weight is 1260 g/mol. The number of hydrogen-bond acceptors (Lipinski definition) is 7. The van der Waals surface area contributed by atoms with E-state index in [1.807, 2.05) is 0 Å². The van der Waals surface area contributed by atoms with Crippen LogP contribution in [0, 0.1) is 0 Å². The lowest BCUT2D eigenvalue weighted by atomic mass is 9.30. The molecule has 9 heteroatoms. The van der Waals surface area contributed by atoms with E-state index in [2.05, 4.69) is 393 Å². The summed E-state index contributed by atoms with van der Waals surface area (Å²) in [5.74, 6) is 0. The number of furan rings is 1. The van der Waals surface area contributed by atoms with E-state index in [1.54, 1.807) is 0 Å². The molecule has 0 fully saturated rings. The summed E-state index contributed by atoms with van der Waals surface area (Å²) in [6, 6.07) is 134. The smallest absolute Gasteiger partial charge is 0.252 e. The number of fused-ring (bicyclic) bond motifs is 11. The Bertz CT molecular complexity index is 5730. The van der Waals surface area contributed by atoms with Gasteiger partial charge in [0.25, 0.3) is 13.4 Å². The molecule has 462 valence electrons. The van der Waals surface area contributed by atoms with Gasteiger partial charge in [-0.25, -0.2) is 0 Å². The Morgan fingerprint density at radius 1 is 0.222 bits per heavy atom. The molecular weight excluding hydrogens is 1200 g/mol. The van der Waals surface area contributed by atoms with E-state index in [4.69, 9.17) is 4.42 Å². The first-order valence-corrected chi connectivity index (χ1v) is 34.1. The highest BCUT2D eigenvalue weighted by molar-refractivity contribution is 7.03. The van der Waals surface area contributed by atoms with Crippen LogP contribution >= 0.6 is 0 Å². The molecule has 5 heterocycles. The Kier molecular flexibility index (Phi) is 13.0. The Balaban J connectivity index is 0.934. The molecule has 7 nitrogen and oxygen atoms in total. The summed E-state index contributed by atoms with van der Waals surface area (Å²) in [5.41, 5.74) is 30.5. The number of anilines is 18. The minimum Gasteiger partial charge on any atom is -0.455 e. The summed E-state index contributed by atoms with van der Waals surface area (Å²) in [4.78, 5) is 15.1. The number of para-hydroxylation sites is 12. The van der Waals surface area contributed by atoms with Gasteiger partial charge in [0.1, 0.15) is 11.2 Å². The van der Waals surface area contributed by atoms with E-state index in [-0.39, 0.29) is 13.4 Å². The van der Waals surface area contributed by atoms with Crippen molar-refractivity contribution >= 4 is 171 Å². The van der Waals surface area contributed by atoms with Gasteiger partial charge in [-0.15, -0.1) is 0 Å². The van der Waals surface area contributed by atoms with Gasteiger partial charge in [0.15, 0.2) is 0 Å². The second kappa shape index (κ2) is 22.9. The maximum absolute atomic E-state index is 7.04. The zero-order chi connectivity index (χ0) is 65.1. The molecule has 16 aromatic rings. The Hall–Kier alpha value is -13.0. The molecule has 0 N–H and O–H groups in total. The fraction of sp³-hybridized carbons (Fsp3) is 0. The number of rotatable bonds is 11. The molecule has 0 saturated heterocycles. The summed E-state index contributed by atoms with van der Waals surface area (Å²) >= 11 is 0. The number of hydrogen-bond donors (Lipinski definition) is 0. The minimum atomic E-state index is -0.233. The van der Waals surface area contributed by atoms with E-state index in [9.17, 15) is 0 Å². The second-order valence-corrected chi connectivity index (χ2v) is 25.9. The van der Waals surface area contributed by atoms with Crippen molar-refractivity contribution in [3.8, 4) is 11.1 Å². The zero-order valence-corrected chi connectivity index (χ0v) is 53.9. The van der Waals surface area contributed by atoms with Gasteiger partial charge in [0.05, 0.1) is 17.1 Å². The van der Waals surface area contributed by atoms with Gasteiger partial charge in [-0.3, -0.25) is 0 Å². The zero-order valence-electron chi connectivity index (χ0n) is 53.9. The van der Waals surface area contributed by atoms with E-state index in [0.29, 0.717) is 0 Å². The fourth-order valence-electron chi connectivity index (χ4n) is 16.5. The third-order valence-corrected chi connectivity index (χ3v) is 20.5. The highest BCUT2D eigenvalue weighted by Crippen LogP contribution is 2.54. The van der Waals surface area contributed by atoms with Crippen LogP contribution in [0.4, 0.5) is 102 Å². The van der Waals surface area contributed by atoms with Crippen molar-refractivity contribution < 1.29 is 4.42 Å². The van der Waals surface area contributed by atoms with Crippen LogP contribution in [0.2, 0.25) is 0 Å². The monoisotopic (exact) mass is 1260 g/mol. The topological polar surface area (TPSA) is 32.6 Å². The standard InChI is InChI=1S/C90H60B2N6O/c1-8-31-61(32-9-1)93(62-33-10-2-11-34-62)68-55-83-88-85(57-68)97(67-43-20-7-21-44-67)81-60-82-77(59-76(81)91(88)74-49-24-27-52-79(74)95(83)65-39-16-5-17-40-65)92-75-50-25-28-53-80(75)96(66-41-18-6-19-42-66)84-56-69(94(63-35-12-3-13-36-63)64-37-14-4-15-38-64)58-86(89(84)92)98(82)78-51-26-22-45-70(78)72-47-30-48-73-71-46-23-29-54-87(71)99-90(72)73/h1-60H. The first-order chi connectivity index (χ1) is 49.2. The van der Waals surface area contributed by atoms with Crippen LogP contribution in [0.25, 0.3) is 33.1 Å². The molecule has 20 rings (SSSR count). The summed E-state index contributed by atoms with van der Waals surface area (Å²) < 4.78 is 7.04. The maximum Gasteiger partial charge on any atom is 0.252 e. The number of benzene rings is 15. The summed E-state index contributed by atoms with van der Waals surface area (Å²) in [6.45, 7) is -0.440. The lowest BCUT2D eigenvalue weighted by molar-refractivity contribution is 0.670. The van der Waals surface area contributed by atoms with Gasteiger partial charge in [-0.1, -0.05) is 224 Å². The van der Waals surface area contributed by atoms with Gasteiger partial charge in [0, 0.05) is 107 Å². The van der Waals surface area contributed by atoms with Gasteiger partial charge in [0.2, 0.25) is 0 Å². The van der Waals surface area contributed by atoms with E-state index < -0.39 is 0 Å². The predicted molar refractivity (Wildman–Crippen MR) is 417 cm³/mol. The van der Waals surface area contributed by atoms with Gasteiger partial charge in [-0.2, -0.15) is 0 Å². The van der Waals surface area contributed by atoms with Crippen molar-refractivity contribution in [2.45, 2.75) is 0 Å². The molecule has 0 saturated carbocycles. The van der Waals surface area contributed by atoms with Crippen molar-refractivity contribution in [1.82, 2.24) is 0 Å². The summed E-state index contributed by atoms with van der Waals surface area (Å²) in [5, 5.41) is 2.17. The second-order valence-electron chi connectivity index (χ2n) is 25.9. The highest BCUT2D eigenvalue weighted by atomic mass is 16.3. The lowest BCUT2D eigenvalue weighted by Crippen LogP contribution is -2.65. The van der Waals surface area contributed by atoms with Crippen molar-refractivity contribution in [1.29, 1.82) is 0 Å². The normalized spacial score (nSPS) is 12.9. The Morgan fingerprint density at radius 3 is 1.03 bits per heavy atom. The molecule has 1 aromatic heterocycles. The van der Waals surface area contributed by atoms with Crippen LogP contribution in [0.5, 0.6) is 0 Å². The molecule has 0 unspecified atom stereocenters. The molecule has 0 aliphatic carbocycles. The van der Waals surface area contributed by atoms with Gasteiger partial charge in [-0.05, 0) is 172 Å². The molecule has 99 heavy (non-hydrogen) atoms. The molecule has 15 aromatic carbocycles. The van der Waals surface area contributed by atoms with Crippen LogP contribution in [-0.4, -0.2) is 13.4 Å². The summed E-state index contributed by atoms with van der Waals surface area (Å²) in [7, 11) is 0.